The molecule has 0 heterocycles. The molecule has 0 aliphatic rings. The van der Waals surface area contributed by atoms with Crippen molar-refractivity contribution in [2.24, 2.45) is 0 Å². The first kappa shape index (κ1) is 15.9. The molecule has 0 aromatic carbocycles. The van der Waals surface area contributed by atoms with Crippen molar-refractivity contribution in [3.63, 3.8) is 0 Å². The molecule has 0 aromatic heterocycles. The summed E-state index contributed by atoms with van der Waals surface area (Å²) in [7, 11) is 1.84. The Morgan fingerprint density at radius 2 is 1.69 bits per heavy atom. The Bertz CT molecular complexity index is 151. The first-order valence-electron chi connectivity index (χ1n) is 6.77. The van der Waals surface area contributed by atoms with Crippen LogP contribution in [0.5, 0.6) is 0 Å². The van der Waals surface area contributed by atoms with Gasteiger partial charge in [0.15, 0.2) is 0 Å². The number of ether oxygens (including phenoxy) is 1. The van der Waals surface area contributed by atoms with E-state index in [1.165, 1.54) is 38.5 Å². The second-order valence-electron chi connectivity index (χ2n) is 5.67. The van der Waals surface area contributed by atoms with Crippen LogP contribution < -0.4 is 5.32 Å². The Labute approximate surface area is 102 Å². The Balaban J connectivity index is 3.41. The third-order valence-corrected chi connectivity index (χ3v) is 2.82. The number of methoxy groups -OCH3 is 1. The van der Waals surface area contributed by atoms with Crippen LogP contribution in [0, 0.1) is 0 Å². The normalized spacial score (nSPS) is 14.1. The van der Waals surface area contributed by atoms with Crippen molar-refractivity contribution >= 4 is 0 Å². The van der Waals surface area contributed by atoms with Gasteiger partial charge in [0.05, 0.1) is 6.10 Å². The van der Waals surface area contributed by atoms with Gasteiger partial charge in [-0.05, 0) is 53.0 Å². The van der Waals surface area contributed by atoms with Crippen LogP contribution in [0.4, 0.5) is 0 Å². The minimum atomic E-state index is 0.253. The molecule has 0 amide bonds. The highest BCUT2D eigenvalue weighted by atomic mass is 16.5. The van der Waals surface area contributed by atoms with E-state index in [2.05, 4.69) is 33.0 Å². The third-order valence-electron chi connectivity index (χ3n) is 2.82. The molecule has 0 saturated heterocycles. The van der Waals surface area contributed by atoms with Gasteiger partial charge in [0, 0.05) is 12.6 Å². The Kier molecular flexibility index (Phi) is 8.96. The van der Waals surface area contributed by atoms with Gasteiger partial charge in [0.2, 0.25) is 0 Å². The first-order chi connectivity index (χ1) is 7.49. The fraction of sp³-hybridized carbons (Fsp3) is 1.00. The predicted molar refractivity (Wildman–Crippen MR) is 71.9 cm³/mol. The minimum absolute atomic E-state index is 0.253. The van der Waals surface area contributed by atoms with E-state index in [0.717, 1.165) is 6.54 Å². The van der Waals surface area contributed by atoms with E-state index >= 15 is 0 Å². The van der Waals surface area contributed by atoms with Crippen LogP contribution in [0.15, 0.2) is 0 Å². The molecule has 0 aliphatic carbocycles. The van der Waals surface area contributed by atoms with Crippen LogP contribution in [0.3, 0.4) is 0 Å². The molecule has 1 atom stereocenters. The summed E-state index contributed by atoms with van der Waals surface area (Å²) in [4.78, 5) is 0. The summed E-state index contributed by atoms with van der Waals surface area (Å²) >= 11 is 0. The van der Waals surface area contributed by atoms with Gasteiger partial charge >= 0.3 is 0 Å². The quantitative estimate of drug-likeness (QED) is 0.608. The summed E-state index contributed by atoms with van der Waals surface area (Å²) in [6.45, 7) is 10.00. The summed E-state index contributed by atoms with van der Waals surface area (Å²) in [6.07, 6.45) is 8.00. The average molecular weight is 229 g/mol. The Morgan fingerprint density at radius 1 is 1.06 bits per heavy atom. The van der Waals surface area contributed by atoms with Crippen molar-refractivity contribution in [1.29, 1.82) is 0 Å². The summed E-state index contributed by atoms with van der Waals surface area (Å²) in [5.74, 6) is 0. The monoisotopic (exact) mass is 229 g/mol. The van der Waals surface area contributed by atoms with Gasteiger partial charge in [-0.1, -0.05) is 19.8 Å². The van der Waals surface area contributed by atoms with Crippen molar-refractivity contribution in [2.75, 3.05) is 13.7 Å². The maximum absolute atomic E-state index is 5.48. The van der Waals surface area contributed by atoms with Crippen LogP contribution in [-0.4, -0.2) is 25.3 Å². The second-order valence-corrected chi connectivity index (χ2v) is 5.67. The summed E-state index contributed by atoms with van der Waals surface area (Å²) in [6, 6.07) is 0. The lowest BCUT2D eigenvalue weighted by Gasteiger charge is -2.21. The number of nitrogens with one attached hydrogen (secondary N) is 1. The van der Waals surface area contributed by atoms with Gasteiger partial charge < -0.3 is 10.1 Å². The fourth-order valence-corrected chi connectivity index (χ4v) is 1.77. The van der Waals surface area contributed by atoms with Crippen LogP contribution >= 0.6 is 0 Å². The largest absolute Gasteiger partial charge is 0.381 e. The number of hydrogen-bond donors (Lipinski definition) is 1. The van der Waals surface area contributed by atoms with Gasteiger partial charge in [0.25, 0.3) is 0 Å². The van der Waals surface area contributed by atoms with Crippen molar-refractivity contribution in [2.45, 2.75) is 77.9 Å². The van der Waals surface area contributed by atoms with E-state index in [9.17, 15) is 0 Å². The van der Waals surface area contributed by atoms with E-state index in [1.807, 2.05) is 7.11 Å². The summed E-state index contributed by atoms with van der Waals surface area (Å²) < 4.78 is 5.48. The zero-order valence-electron chi connectivity index (χ0n) is 11.9. The zero-order chi connectivity index (χ0) is 12.4. The van der Waals surface area contributed by atoms with Gasteiger partial charge in [-0.15, -0.1) is 0 Å². The maximum atomic E-state index is 5.48. The average Bonchev–Trinajstić information content (AvgIpc) is 2.20. The van der Waals surface area contributed by atoms with Gasteiger partial charge in [-0.2, -0.15) is 0 Å². The smallest absolute Gasteiger partial charge is 0.0571 e. The molecule has 0 aromatic rings. The number of unbranched alkanes of at least 4 members (excludes halogenated alkanes) is 2. The van der Waals surface area contributed by atoms with Crippen LogP contribution in [0.1, 0.15) is 66.2 Å². The second kappa shape index (κ2) is 9.00. The highest BCUT2D eigenvalue weighted by molar-refractivity contribution is 4.70. The van der Waals surface area contributed by atoms with E-state index in [-0.39, 0.29) is 5.54 Å². The van der Waals surface area contributed by atoms with Crippen LogP contribution in [-0.2, 0) is 4.74 Å². The fourth-order valence-electron chi connectivity index (χ4n) is 1.77. The third kappa shape index (κ3) is 10.4. The molecule has 0 fully saturated rings. The topological polar surface area (TPSA) is 21.3 Å². The van der Waals surface area contributed by atoms with E-state index in [1.54, 1.807) is 0 Å². The zero-order valence-corrected chi connectivity index (χ0v) is 11.9. The molecule has 98 valence electrons. The highest BCUT2D eigenvalue weighted by Gasteiger charge is 2.09. The molecule has 0 spiro atoms. The Morgan fingerprint density at radius 3 is 2.19 bits per heavy atom. The number of hydrogen-bond acceptors (Lipinski definition) is 2. The lowest BCUT2D eigenvalue weighted by molar-refractivity contribution is 0.0837. The number of rotatable bonds is 9. The summed E-state index contributed by atoms with van der Waals surface area (Å²) in [5, 5.41) is 3.52. The van der Waals surface area contributed by atoms with E-state index in [4.69, 9.17) is 4.74 Å². The molecular weight excluding hydrogens is 198 g/mol. The molecule has 0 rings (SSSR count). The van der Waals surface area contributed by atoms with Crippen LogP contribution in [0.25, 0.3) is 0 Å². The predicted octanol–water partition coefficient (Wildman–Crippen LogP) is 3.75. The lowest BCUT2D eigenvalue weighted by atomic mass is 10.1. The molecule has 0 saturated carbocycles. The van der Waals surface area contributed by atoms with Gasteiger partial charge in [-0.3, -0.25) is 0 Å². The molecule has 0 aliphatic heterocycles. The maximum Gasteiger partial charge on any atom is 0.0571 e. The first-order valence-corrected chi connectivity index (χ1v) is 6.77. The van der Waals surface area contributed by atoms with Gasteiger partial charge in [-0.25, -0.2) is 0 Å². The summed E-state index contributed by atoms with van der Waals surface area (Å²) in [5.41, 5.74) is 0.253. The van der Waals surface area contributed by atoms with Crippen molar-refractivity contribution in [3.8, 4) is 0 Å². The van der Waals surface area contributed by atoms with E-state index in [0.29, 0.717) is 6.10 Å². The highest BCUT2D eigenvalue weighted by Crippen LogP contribution is 2.11. The van der Waals surface area contributed by atoms with Crippen molar-refractivity contribution in [3.05, 3.63) is 0 Å². The standard InChI is InChI=1S/C14H31NO/c1-6-7-10-13(16-5)11-8-9-12-15-14(2,3)4/h13,15H,6-12H2,1-5H3/t13-/m0/s1. The molecule has 0 unspecified atom stereocenters. The molecule has 0 bridgehead atoms. The Hall–Kier alpha value is -0.0800. The van der Waals surface area contributed by atoms with E-state index < -0.39 is 0 Å². The SMILES string of the molecule is CCCC[C@@H](CCCCNC(C)(C)C)OC. The molecular formula is C14H31NO. The molecule has 1 N–H and O–H groups in total. The molecule has 2 nitrogen and oxygen atoms in total. The van der Waals surface area contributed by atoms with Gasteiger partial charge in [0.1, 0.15) is 0 Å². The molecule has 2 heteroatoms. The van der Waals surface area contributed by atoms with Crippen molar-refractivity contribution < 1.29 is 4.74 Å². The molecule has 0 radical (unpaired) electrons. The minimum Gasteiger partial charge on any atom is -0.381 e. The lowest BCUT2D eigenvalue weighted by Crippen LogP contribution is -2.36. The van der Waals surface area contributed by atoms with Crippen molar-refractivity contribution in [1.82, 2.24) is 5.32 Å². The van der Waals surface area contributed by atoms with Crippen LogP contribution in [0.2, 0.25) is 0 Å². The molecule has 16 heavy (non-hydrogen) atoms.